The molecule has 1 aromatic rings. The molecular weight excluding hydrogens is 250 g/mol. The molecule has 2 rings (SSSR count). The third-order valence-corrected chi connectivity index (χ3v) is 3.40. The lowest BCUT2D eigenvalue weighted by Gasteiger charge is -2.23. The maximum atomic E-state index is 11.5. The normalized spacial score (nSPS) is 18.2. The first kappa shape index (κ1) is 13.2. The number of nitrogens with two attached hydrogens (primary N) is 1. The standard InChI is InChI=1S/C13H18ClN3O/c1-9(15)10-3-4-12(11(14)7-10)17-6-2-5-16-13(18)8-17/h3-4,7,9H,2,5-6,8,15H2,1H3,(H,16,18)/t9-/m0/s1. The second-order valence-electron chi connectivity index (χ2n) is 4.62. The molecule has 1 aliphatic rings. The van der Waals surface area contributed by atoms with Crippen molar-refractivity contribution in [3.05, 3.63) is 28.8 Å². The summed E-state index contributed by atoms with van der Waals surface area (Å²) in [5.41, 5.74) is 7.73. The van der Waals surface area contributed by atoms with Gasteiger partial charge in [0.05, 0.1) is 17.3 Å². The maximum absolute atomic E-state index is 11.5. The summed E-state index contributed by atoms with van der Waals surface area (Å²) in [5.74, 6) is 0.0415. The van der Waals surface area contributed by atoms with E-state index in [1.165, 1.54) is 0 Å². The van der Waals surface area contributed by atoms with Crippen molar-refractivity contribution in [2.24, 2.45) is 5.73 Å². The SMILES string of the molecule is C[C@H](N)c1ccc(N2CCCNC(=O)C2)c(Cl)c1. The van der Waals surface area contributed by atoms with Gasteiger partial charge in [0.25, 0.3) is 0 Å². The second-order valence-corrected chi connectivity index (χ2v) is 5.03. The summed E-state index contributed by atoms with van der Waals surface area (Å²) in [5, 5.41) is 3.50. The lowest BCUT2D eigenvalue weighted by atomic mass is 10.1. The van der Waals surface area contributed by atoms with Crippen LogP contribution in [0.5, 0.6) is 0 Å². The number of rotatable bonds is 2. The van der Waals surface area contributed by atoms with Crippen LogP contribution in [0.25, 0.3) is 0 Å². The summed E-state index contributed by atoms with van der Waals surface area (Å²) < 4.78 is 0. The maximum Gasteiger partial charge on any atom is 0.239 e. The molecule has 1 atom stereocenters. The van der Waals surface area contributed by atoms with Crippen LogP contribution in [-0.4, -0.2) is 25.5 Å². The average molecular weight is 268 g/mol. The lowest BCUT2D eigenvalue weighted by Crippen LogP contribution is -2.33. The van der Waals surface area contributed by atoms with Gasteiger partial charge in [-0.15, -0.1) is 0 Å². The van der Waals surface area contributed by atoms with Crippen molar-refractivity contribution in [2.75, 3.05) is 24.5 Å². The number of hydrogen-bond donors (Lipinski definition) is 2. The van der Waals surface area contributed by atoms with Crippen molar-refractivity contribution >= 4 is 23.2 Å². The highest BCUT2D eigenvalue weighted by Gasteiger charge is 2.17. The van der Waals surface area contributed by atoms with Crippen LogP contribution in [0.3, 0.4) is 0 Å². The van der Waals surface area contributed by atoms with Gasteiger partial charge in [0.1, 0.15) is 0 Å². The highest BCUT2D eigenvalue weighted by atomic mass is 35.5. The number of nitrogens with zero attached hydrogens (tertiary/aromatic N) is 1. The highest BCUT2D eigenvalue weighted by molar-refractivity contribution is 6.33. The zero-order chi connectivity index (χ0) is 13.1. The second kappa shape index (κ2) is 5.59. The van der Waals surface area contributed by atoms with Crippen molar-refractivity contribution < 1.29 is 4.79 Å². The van der Waals surface area contributed by atoms with Crippen LogP contribution in [-0.2, 0) is 4.79 Å². The summed E-state index contributed by atoms with van der Waals surface area (Å²) in [7, 11) is 0. The summed E-state index contributed by atoms with van der Waals surface area (Å²) in [4.78, 5) is 13.5. The molecule has 3 N–H and O–H groups in total. The van der Waals surface area contributed by atoms with Crippen LogP contribution in [0, 0.1) is 0 Å². The fourth-order valence-electron chi connectivity index (χ4n) is 2.07. The Bertz CT molecular complexity index is 448. The van der Waals surface area contributed by atoms with Crippen molar-refractivity contribution in [2.45, 2.75) is 19.4 Å². The minimum atomic E-state index is -0.0380. The first-order valence-corrected chi connectivity index (χ1v) is 6.52. The van der Waals surface area contributed by atoms with Gasteiger partial charge >= 0.3 is 0 Å². The first-order chi connectivity index (χ1) is 8.58. The predicted octanol–water partition coefficient (Wildman–Crippen LogP) is 1.69. The molecule has 5 heteroatoms. The smallest absolute Gasteiger partial charge is 0.239 e. The fourth-order valence-corrected chi connectivity index (χ4v) is 2.38. The summed E-state index contributed by atoms with van der Waals surface area (Å²) in [6, 6.07) is 5.75. The number of nitrogens with one attached hydrogen (secondary N) is 1. The van der Waals surface area contributed by atoms with E-state index in [4.69, 9.17) is 17.3 Å². The van der Waals surface area contributed by atoms with Crippen molar-refractivity contribution in [3.63, 3.8) is 0 Å². The summed E-state index contributed by atoms with van der Waals surface area (Å²) >= 11 is 6.28. The minimum absolute atomic E-state index is 0.0380. The summed E-state index contributed by atoms with van der Waals surface area (Å²) in [6.07, 6.45) is 0.928. The van der Waals surface area contributed by atoms with E-state index in [1.807, 2.05) is 30.0 Å². The molecule has 1 aromatic carbocycles. The van der Waals surface area contributed by atoms with Gasteiger partial charge in [-0.2, -0.15) is 0 Å². The third kappa shape index (κ3) is 2.94. The van der Waals surface area contributed by atoms with Crippen LogP contribution in [0.1, 0.15) is 24.9 Å². The van der Waals surface area contributed by atoms with E-state index in [1.54, 1.807) is 0 Å². The van der Waals surface area contributed by atoms with E-state index >= 15 is 0 Å². The van der Waals surface area contributed by atoms with E-state index in [0.717, 1.165) is 30.8 Å². The molecule has 4 nitrogen and oxygen atoms in total. The summed E-state index contributed by atoms with van der Waals surface area (Å²) in [6.45, 7) is 3.84. The van der Waals surface area contributed by atoms with E-state index in [-0.39, 0.29) is 11.9 Å². The number of carbonyl (C=O) groups is 1. The van der Waals surface area contributed by atoms with E-state index in [0.29, 0.717) is 11.6 Å². The van der Waals surface area contributed by atoms with Crippen molar-refractivity contribution in [1.29, 1.82) is 0 Å². The molecule has 0 saturated carbocycles. The fraction of sp³-hybridized carbons (Fsp3) is 0.462. The molecule has 98 valence electrons. The lowest BCUT2D eigenvalue weighted by molar-refractivity contribution is -0.119. The van der Waals surface area contributed by atoms with Gasteiger partial charge in [-0.3, -0.25) is 4.79 Å². The molecule has 0 spiro atoms. The van der Waals surface area contributed by atoms with E-state index in [9.17, 15) is 4.79 Å². The number of hydrogen-bond acceptors (Lipinski definition) is 3. The molecule has 0 bridgehead atoms. The zero-order valence-electron chi connectivity index (χ0n) is 10.4. The van der Waals surface area contributed by atoms with Gasteiger partial charge in [-0.25, -0.2) is 0 Å². The van der Waals surface area contributed by atoms with Crippen LogP contribution in [0.2, 0.25) is 5.02 Å². The number of benzene rings is 1. The van der Waals surface area contributed by atoms with Gasteiger partial charge in [0.15, 0.2) is 0 Å². The molecule has 0 unspecified atom stereocenters. The molecule has 0 aromatic heterocycles. The van der Waals surface area contributed by atoms with Gasteiger partial charge < -0.3 is 16.0 Å². The Morgan fingerprint density at radius 2 is 2.28 bits per heavy atom. The van der Waals surface area contributed by atoms with Gasteiger partial charge in [0, 0.05) is 19.1 Å². The van der Waals surface area contributed by atoms with Crippen LogP contribution < -0.4 is 16.0 Å². The molecule has 1 saturated heterocycles. The molecule has 1 amide bonds. The number of halogens is 1. The minimum Gasteiger partial charge on any atom is -0.361 e. The van der Waals surface area contributed by atoms with Crippen molar-refractivity contribution in [3.8, 4) is 0 Å². The molecule has 1 fully saturated rings. The van der Waals surface area contributed by atoms with Gasteiger partial charge in [0.2, 0.25) is 5.91 Å². The molecule has 1 aliphatic heterocycles. The Hall–Kier alpha value is -1.26. The van der Waals surface area contributed by atoms with Crippen molar-refractivity contribution in [1.82, 2.24) is 5.32 Å². The zero-order valence-corrected chi connectivity index (χ0v) is 11.2. The predicted molar refractivity (Wildman–Crippen MR) is 73.9 cm³/mol. The Labute approximate surface area is 112 Å². The number of carbonyl (C=O) groups excluding carboxylic acids is 1. The molecule has 0 radical (unpaired) electrons. The topological polar surface area (TPSA) is 58.4 Å². The first-order valence-electron chi connectivity index (χ1n) is 6.14. The van der Waals surface area contributed by atoms with E-state index in [2.05, 4.69) is 5.32 Å². The van der Waals surface area contributed by atoms with Crippen LogP contribution in [0.4, 0.5) is 5.69 Å². The highest BCUT2D eigenvalue weighted by Crippen LogP contribution is 2.29. The Kier molecular flexibility index (Phi) is 4.09. The largest absolute Gasteiger partial charge is 0.361 e. The van der Waals surface area contributed by atoms with E-state index < -0.39 is 0 Å². The Balaban J connectivity index is 2.24. The quantitative estimate of drug-likeness (QED) is 0.857. The molecular formula is C13H18ClN3O. The third-order valence-electron chi connectivity index (χ3n) is 3.10. The molecule has 18 heavy (non-hydrogen) atoms. The van der Waals surface area contributed by atoms with Crippen LogP contribution >= 0.6 is 11.6 Å². The van der Waals surface area contributed by atoms with Gasteiger partial charge in [-0.1, -0.05) is 17.7 Å². The Morgan fingerprint density at radius 1 is 1.50 bits per heavy atom. The number of anilines is 1. The average Bonchev–Trinajstić information content (AvgIpc) is 2.53. The van der Waals surface area contributed by atoms with Crippen LogP contribution in [0.15, 0.2) is 18.2 Å². The number of amides is 1. The monoisotopic (exact) mass is 267 g/mol. The molecule has 0 aliphatic carbocycles. The Morgan fingerprint density at radius 3 is 2.94 bits per heavy atom. The van der Waals surface area contributed by atoms with Gasteiger partial charge in [-0.05, 0) is 31.0 Å². The molecule has 1 heterocycles.